The van der Waals surface area contributed by atoms with E-state index >= 15 is 0 Å². The summed E-state index contributed by atoms with van der Waals surface area (Å²) < 4.78 is 0. The van der Waals surface area contributed by atoms with Gasteiger partial charge < -0.3 is 10.0 Å². The molecule has 0 saturated carbocycles. The average molecular weight is 275 g/mol. The van der Waals surface area contributed by atoms with Crippen molar-refractivity contribution in [1.29, 1.82) is 0 Å². The van der Waals surface area contributed by atoms with Crippen LogP contribution in [0.1, 0.15) is 54.9 Å². The molecule has 3 heteroatoms. The Balaban J connectivity index is 1.87. The standard InChI is InChI=1S/C17H25NO2/c1-13-6-7-15(14(2)12-13)16(19)8-9-17(20)18-10-4-3-5-11-18/h6-7,12,16,19H,3-5,8-11H2,1-2H3. The summed E-state index contributed by atoms with van der Waals surface area (Å²) in [5.74, 6) is 0.188. The molecule has 1 aromatic rings. The molecule has 2 rings (SSSR count). The molecule has 0 aliphatic carbocycles. The lowest BCUT2D eigenvalue weighted by Crippen LogP contribution is -2.35. The van der Waals surface area contributed by atoms with Gasteiger partial charge in [0.25, 0.3) is 0 Å². The minimum absolute atomic E-state index is 0.188. The minimum atomic E-state index is -0.538. The Bertz CT molecular complexity index is 464. The van der Waals surface area contributed by atoms with Crippen LogP contribution in [-0.4, -0.2) is 29.0 Å². The van der Waals surface area contributed by atoms with Crippen molar-refractivity contribution < 1.29 is 9.90 Å². The van der Waals surface area contributed by atoms with Crippen molar-refractivity contribution >= 4 is 5.91 Å². The van der Waals surface area contributed by atoms with Gasteiger partial charge in [-0.2, -0.15) is 0 Å². The third kappa shape index (κ3) is 3.83. The first-order chi connectivity index (χ1) is 9.58. The van der Waals surface area contributed by atoms with Crippen LogP contribution in [0.15, 0.2) is 18.2 Å². The van der Waals surface area contributed by atoms with Gasteiger partial charge in [0.2, 0.25) is 5.91 Å². The Labute approximate surface area is 121 Å². The lowest BCUT2D eigenvalue weighted by Gasteiger charge is -2.27. The number of nitrogens with zero attached hydrogens (tertiary/aromatic N) is 1. The second-order valence-electron chi connectivity index (χ2n) is 5.86. The number of rotatable bonds is 4. The lowest BCUT2D eigenvalue weighted by atomic mass is 9.98. The van der Waals surface area contributed by atoms with E-state index in [4.69, 9.17) is 0 Å². The fourth-order valence-electron chi connectivity index (χ4n) is 2.92. The number of piperidine rings is 1. The SMILES string of the molecule is Cc1ccc(C(O)CCC(=O)N2CCCCC2)c(C)c1. The number of benzene rings is 1. The summed E-state index contributed by atoms with van der Waals surface area (Å²) in [4.78, 5) is 14.0. The molecular weight excluding hydrogens is 250 g/mol. The second-order valence-corrected chi connectivity index (χ2v) is 5.86. The maximum Gasteiger partial charge on any atom is 0.222 e. The zero-order chi connectivity index (χ0) is 14.5. The highest BCUT2D eigenvalue weighted by Gasteiger charge is 2.18. The summed E-state index contributed by atoms with van der Waals surface area (Å²) in [5, 5.41) is 10.3. The zero-order valence-corrected chi connectivity index (χ0v) is 12.6. The molecule has 1 aromatic carbocycles. The van der Waals surface area contributed by atoms with Crippen molar-refractivity contribution in [3.8, 4) is 0 Å². The van der Waals surface area contributed by atoms with Gasteiger partial charge in [-0.15, -0.1) is 0 Å². The molecule has 0 radical (unpaired) electrons. The number of aliphatic hydroxyl groups is 1. The Hall–Kier alpha value is -1.35. The van der Waals surface area contributed by atoms with Crippen LogP contribution >= 0.6 is 0 Å². The molecule has 1 amide bonds. The molecule has 0 aromatic heterocycles. The molecule has 3 nitrogen and oxygen atoms in total. The molecule has 1 fully saturated rings. The monoisotopic (exact) mass is 275 g/mol. The van der Waals surface area contributed by atoms with Crippen molar-refractivity contribution in [2.45, 2.75) is 52.1 Å². The van der Waals surface area contributed by atoms with E-state index in [1.807, 2.05) is 30.9 Å². The number of aryl methyl sites for hydroxylation is 2. The van der Waals surface area contributed by atoms with E-state index in [0.717, 1.165) is 37.1 Å². The highest BCUT2D eigenvalue weighted by atomic mass is 16.3. The predicted molar refractivity (Wildman–Crippen MR) is 80.5 cm³/mol. The molecule has 1 atom stereocenters. The van der Waals surface area contributed by atoms with E-state index in [0.29, 0.717) is 12.8 Å². The van der Waals surface area contributed by atoms with Crippen LogP contribution in [0.3, 0.4) is 0 Å². The third-order valence-electron chi connectivity index (χ3n) is 4.12. The van der Waals surface area contributed by atoms with Crippen molar-refractivity contribution in [3.63, 3.8) is 0 Å². The van der Waals surface area contributed by atoms with Gasteiger partial charge in [-0.05, 0) is 50.7 Å². The van der Waals surface area contributed by atoms with E-state index < -0.39 is 6.10 Å². The Kier molecular flexibility index (Phi) is 5.18. The van der Waals surface area contributed by atoms with Crippen LogP contribution in [0.2, 0.25) is 0 Å². The molecule has 1 unspecified atom stereocenters. The van der Waals surface area contributed by atoms with E-state index in [2.05, 4.69) is 6.07 Å². The first-order valence-electron chi connectivity index (χ1n) is 7.61. The molecule has 1 aliphatic rings. The number of hydrogen-bond acceptors (Lipinski definition) is 2. The molecule has 0 spiro atoms. The molecule has 1 N–H and O–H groups in total. The lowest BCUT2D eigenvalue weighted by molar-refractivity contribution is -0.132. The zero-order valence-electron chi connectivity index (χ0n) is 12.6. The van der Waals surface area contributed by atoms with E-state index in [1.54, 1.807) is 0 Å². The van der Waals surface area contributed by atoms with Gasteiger partial charge >= 0.3 is 0 Å². The van der Waals surface area contributed by atoms with Crippen LogP contribution in [0, 0.1) is 13.8 Å². The largest absolute Gasteiger partial charge is 0.388 e. The molecular formula is C17H25NO2. The molecule has 1 aliphatic heterocycles. The number of amides is 1. The molecule has 110 valence electrons. The fourth-order valence-corrected chi connectivity index (χ4v) is 2.92. The molecule has 1 saturated heterocycles. The van der Waals surface area contributed by atoms with Crippen molar-refractivity contribution in [1.82, 2.24) is 4.90 Å². The Morgan fingerprint density at radius 3 is 2.60 bits per heavy atom. The Morgan fingerprint density at radius 2 is 1.95 bits per heavy atom. The average Bonchev–Trinajstić information content (AvgIpc) is 2.45. The van der Waals surface area contributed by atoms with Crippen LogP contribution in [0.5, 0.6) is 0 Å². The highest BCUT2D eigenvalue weighted by Crippen LogP contribution is 2.23. The van der Waals surface area contributed by atoms with Gasteiger partial charge in [0, 0.05) is 19.5 Å². The maximum atomic E-state index is 12.1. The van der Waals surface area contributed by atoms with E-state index in [1.165, 1.54) is 12.0 Å². The van der Waals surface area contributed by atoms with Crippen LogP contribution in [-0.2, 0) is 4.79 Å². The van der Waals surface area contributed by atoms with Crippen LogP contribution in [0.25, 0.3) is 0 Å². The van der Waals surface area contributed by atoms with Crippen molar-refractivity contribution in [2.75, 3.05) is 13.1 Å². The number of hydrogen-bond donors (Lipinski definition) is 1. The second kappa shape index (κ2) is 6.89. The number of aliphatic hydroxyl groups excluding tert-OH is 1. The van der Waals surface area contributed by atoms with Crippen molar-refractivity contribution in [3.05, 3.63) is 34.9 Å². The normalized spacial score (nSPS) is 17.1. The number of carbonyl (C=O) groups is 1. The predicted octanol–water partition coefficient (Wildman–Crippen LogP) is 3.13. The first kappa shape index (κ1) is 15.0. The fraction of sp³-hybridized carbons (Fsp3) is 0.588. The highest BCUT2D eigenvalue weighted by molar-refractivity contribution is 5.76. The van der Waals surface area contributed by atoms with Gasteiger partial charge in [-0.25, -0.2) is 0 Å². The quantitative estimate of drug-likeness (QED) is 0.917. The van der Waals surface area contributed by atoms with Crippen LogP contribution in [0.4, 0.5) is 0 Å². The third-order valence-corrected chi connectivity index (χ3v) is 4.12. The van der Waals surface area contributed by atoms with E-state index in [-0.39, 0.29) is 5.91 Å². The topological polar surface area (TPSA) is 40.5 Å². The maximum absolute atomic E-state index is 12.1. The summed E-state index contributed by atoms with van der Waals surface area (Å²) >= 11 is 0. The van der Waals surface area contributed by atoms with Gasteiger partial charge in [-0.1, -0.05) is 23.8 Å². The van der Waals surface area contributed by atoms with Gasteiger partial charge in [0.1, 0.15) is 0 Å². The van der Waals surface area contributed by atoms with Gasteiger partial charge in [-0.3, -0.25) is 4.79 Å². The van der Waals surface area contributed by atoms with Gasteiger partial charge in [0.05, 0.1) is 6.10 Å². The summed E-state index contributed by atoms with van der Waals surface area (Å²) in [6.45, 7) is 5.83. The van der Waals surface area contributed by atoms with Crippen LogP contribution < -0.4 is 0 Å². The summed E-state index contributed by atoms with van der Waals surface area (Å²) in [6.07, 6.45) is 3.88. The number of likely N-dealkylation sites (tertiary alicyclic amines) is 1. The van der Waals surface area contributed by atoms with Gasteiger partial charge in [0.15, 0.2) is 0 Å². The Morgan fingerprint density at radius 1 is 1.25 bits per heavy atom. The summed E-state index contributed by atoms with van der Waals surface area (Å²) in [5.41, 5.74) is 3.24. The van der Waals surface area contributed by atoms with E-state index in [9.17, 15) is 9.90 Å². The number of carbonyl (C=O) groups excluding carboxylic acids is 1. The summed E-state index contributed by atoms with van der Waals surface area (Å²) in [7, 11) is 0. The summed E-state index contributed by atoms with van der Waals surface area (Å²) in [6, 6.07) is 6.06. The minimum Gasteiger partial charge on any atom is -0.388 e. The molecule has 1 heterocycles. The molecule has 0 bridgehead atoms. The first-order valence-corrected chi connectivity index (χ1v) is 7.61. The molecule has 20 heavy (non-hydrogen) atoms. The smallest absolute Gasteiger partial charge is 0.222 e. The van der Waals surface area contributed by atoms with Crippen molar-refractivity contribution in [2.24, 2.45) is 0 Å².